The van der Waals surface area contributed by atoms with Gasteiger partial charge in [0, 0.05) is 11.6 Å². The van der Waals surface area contributed by atoms with Crippen molar-refractivity contribution in [2.75, 3.05) is 20.0 Å². The maximum atomic E-state index is 9.99. The summed E-state index contributed by atoms with van der Waals surface area (Å²) in [6.07, 6.45) is -1.42. The highest BCUT2D eigenvalue weighted by molar-refractivity contribution is 7.80. The first-order chi connectivity index (χ1) is 8.13. The molecule has 0 aromatic heterocycles. The molecule has 0 fully saturated rings. The summed E-state index contributed by atoms with van der Waals surface area (Å²) in [5.74, 6) is 1.65. The van der Waals surface area contributed by atoms with Crippen LogP contribution in [-0.4, -0.2) is 36.3 Å². The first-order valence-corrected chi connectivity index (χ1v) is 5.96. The Morgan fingerprint density at radius 1 is 1.24 bits per heavy atom. The van der Waals surface area contributed by atoms with Crippen LogP contribution in [0.3, 0.4) is 0 Å². The number of hydrogen-bond donors (Lipinski definition) is 3. The molecule has 0 aliphatic carbocycles. The van der Waals surface area contributed by atoms with Gasteiger partial charge < -0.3 is 19.7 Å². The summed E-state index contributed by atoms with van der Waals surface area (Å²) in [7, 11) is 3.07. The van der Waals surface area contributed by atoms with E-state index in [0.29, 0.717) is 29.2 Å². The number of aliphatic hydroxyl groups excluding tert-OH is 2. The molecule has 17 heavy (non-hydrogen) atoms. The molecular weight excluding hydrogens is 240 g/mol. The highest BCUT2D eigenvalue weighted by atomic mass is 32.1. The molecule has 2 N–H and O–H groups in total. The van der Waals surface area contributed by atoms with Gasteiger partial charge in [-0.1, -0.05) is 0 Å². The Hall–Kier alpha value is -0.910. The number of hydrogen-bond acceptors (Lipinski definition) is 5. The van der Waals surface area contributed by atoms with Gasteiger partial charge in [-0.3, -0.25) is 0 Å². The molecule has 0 saturated heterocycles. The van der Waals surface area contributed by atoms with Crippen LogP contribution in [0.4, 0.5) is 0 Å². The SMILES string of the molecule is COc1ccc(C(O)C(O)CCS)c(OC)c1. The van der Waals surface area contributed by atoms with E-state index in [-0.39, 0.29) is 0 Å². The van der Waals surface area contributed by atoms with Crippen LogP contribution in [0.1, 0.15) is 18.1 Å². The molecule has 0 bridgehead atoms. The molecular formula is C12H18O4S. The molecule has 0 amide bonds. The van der Waals surface area contributed by atoms with Gasteiger partial charge in [-0.25, -0.2) is 0 Å². The maximum absolute atomic E-state index is 9.99. The number of rotatable bonds is 6. The van der Waals surface area contributed by atoms with Gasteiger partial charge >= 0.3 is 0 Å². The van der Waals surface area contributed by atoms with Crippen molar-refractivity contribution in [1.29, 1.82) is 0 Å². The van der Waals surface area contributed by atoms with Crippen molar-refractivity contribution in [2.24, 2.45) is 0 Å². The van der Waals surface area contributed by atoms with Crippen molar-refractivity contribution in [2.45, 2.75) is 18.6 Å². The molecule has 1 rings (SSSR count). The second-order valence-corrected chi connectivity index (χ2v) is 4.08. The van der Waals surface area contributed by atoms with E-state index in [2.05, 4.69) is 12.6 Å². The van der Waals surface area contributed by atoms with Crippen molar-refractivity contribution < 1.29 is 19.7 Å². The van der Waals surface area contributed by atoms with Crippen molar-refractivity contribution in [1.82, 2.24) is 0 Å². The van der Waals surface area contributed by atoms with E-state index in [1.807, 2.05) is 0 Å². The monoisotopic (exact) mass is 258 g/mol. The summed E-state index contributed by atoms with van der Waals surface area (Å²) in [5.41, 5.74) is 0.544. The lowest BCUT2D eigenvalue weighted by Gasteiger charge is -2.20. The van der Waals surface area contributed by atoms with Gasteiger partial charge in [0.25, 0.3) is 0 Å². The molecule has 1 aromatic rings. The van der Waals surface area contributed by atoms with Gasteiger partial charge in [0.2, 0.25) is 0 Å². The van der Waals surface area contributed by atoms with Crippen LogP contribution in [-0.2, 0) is 0 Å². The van der Waals surface area contributed by atoms with Crippen LogP contribution >= 0.6 is 12.6 Å². The van der Waals surface area contributed by atoms with E-state index in [1.54, 1.807) is 25.3 Å². The zero-order valence-corrected chi connectivity index (χ0v) is 10.9. The minimum atomic E-state index is -0.983. The average molecular weight is 258 g/mol. The molecule has 5 heteroatoms. The van der Waals surface area contributed by atoms with Crippen LogP contribution < -0.4 is 9.47 Å². The molecule has 4 nitrogen and oxygen atoms in total. The van der Waals surface area contributed by atoms with E-state index in [0.717, 1.165) is 0 Å². The van der Waals surface area contributed by atoms with E-state index < -0.39 is 12.2 Å². The average Bonchev–Trinajstić information content (AvgIpc) is 2.37. The highest BCUT2D eigenvalue weighted by Gasteiger charge is 2.21. The molecule has 96 valence electrons. The quantitative estimate of drug-likeness (QED) is 0.675. The predicted molar refractivity (Wildman–Crippen MR) is 69.0 cm³/mol. The molecule has 2 unspecified atom stereocenters. The fourth-order valence-electron chi connectivity index (χ4n) is 1.56. The van der Waals surface area contributed by atoms with Gasteiger partial charge in [0.15, 0.2) is 0 Å². The Kier molecular flexibility index (Phi) is 5.61. The van der Waals surface area contributed by atoms with Crippen molar-refractivity contribution in [3.05, 3.63) is 23.8 Å². The second kappa shape index (κ2) is 6.74. The minimum Gasteiger partial charge on any atom is -0.497 e. The summed E-state index contributed by atoms with van der Waals surface area (Å²) in [5, 5.41) is 19.7. The second-order valence-electron chi connectivity index (χ2n) is 3.63. The van der Waals surface area contributed by atoms with Crippen molar-refractivity contribution in [3.8, 4) is 11.5 Å². The normalized spacial score (nSPS) is 14.2. The Labute approximate surface area is 107 Å². The zero-order chi connectivity index (χ0) is 12.8. The Bertz CT molecular complexity index is 356. The number of aliphatic hydroxyl groups is 2. The number of benzene rings is 1. The first kappa shape index (κ1) is 14.2. The predicted octanol–water partition coefficient (Wildman–Crippen LogP) is 1.42. The third-order valence-corrected chi connectivity index (χ3v) is 2.81. The Morgan fingerprint density at radius 2 is 1.94 bits per heavy atom. The number of methoxy groups -OCH3 is 2. The number of thiol groups is 1. The summed E-state index contributed by atoms with van der Waals surface area (Å²) >= 11 is 4.02. The molecule has 0 saturated carbocycles. The summed E-state index contributed by atoms with van der Waals surface area (Å²) in [4.78, 5) is 0. The van der Waals surface area contributed by atoms with Crippen LogP contribution in [0.25, 0.3) is 0 Å². The fraction of sp³-hybridized carbons (Fsp3) is 0.500. The van der Waals surface area contributed by atoms with Crippen molar-refractivity contribution in [3.63, 3.8) is 0 Å². The van der Waals surface area contributed by atoms with Gasteiger partial charge in [-0.2, -0.15) is 12.6 Å². The van der Waals surface area contributed by atoms with Crippen LogP contribution in [0.5, 0.6) is 11.5 Å². The third-order valence-electron chi connectivity index (χ3n) is 2.55. The van der Waals surface area contributed by atoms with Gasteiger partial charge in [-0.05, 0) is 24.3 Å². The van der Waals surface area contributed by atoms with Crippen LogP contribution in [0, 0.1) is 0 Å². The largest absolute Gasteiger partial charge is 0.497 e. The van der Waals surface area contributed by atoms with Crippen LogP contribution in [0.15, 0.2) is 18.2 Å². The van der Waals surface area contributed by atoms with E-state index >= 15 is 0 Å². The molecule has 1 aromatic carbocycles. The highest BCUT2D eigenvalue weighted by Crippen LogP contribution is 2.31. The molecule has 0 aliphatic heterocycles. The minimum absolute atomic E-state index is 0.416. The molecule has 0 heterocycles. The summed E-state index contributed by atoms with van der Waals surface area (Å²) in [6.45, 7) is 0. The maximum Gasteiger partial charge on any atom is 0.128 e. The zero-order valence-electron chi connectivity index (χ0n) is 9.96. The molecule has 0 aliphatic rings. The van der Waals surface area contributed by atoms with Gasteiger partial charge in [0.05, 0.1) is 20.3 Å². The Morgan fingerprint density at radius 3 is 2.47 bits per heavy atom. The lowest BCUT2D eigenvalue weighted by Crippen LogP contribution is -2.19. The third kappa shape index (κ3) is 3.52. The van der Waals surface area contributed by atoms with E-state index in [9.17, 15) is 10.2 Å². The number of ether oxygens (including phenoxy) is 2. The van der Waals surface area contributed by atoms with E-state index in [4.69, 9.17) is 9.47 Å². The summed E-state index contributed by atoms with van der Waals surface area (Å²) < 4.78 is 10.2. The first-order valence-electron chi connectivity index (χ1n) is 5.33. The lowest BCUT2D eigenvalue weighted by atomic mass is 10.0. The Balaban J connectivity index is 2.96. The summed E-state index contributed by atoms with van der Waals surface area (Å²) in [6, 6.07) is 5.07. The van der Waals surface area contributed by atoms with Crippen LogP contribution in [0.2, 0.25) is 0 Å². The smallest absolute Gasteiger partial charge is 0.128 e. The van der Waals surface area contributed by atoms with Gasteiger partial charge in [-0.15, -0.1) is 0 Å². The van der Waals surface area contributed by atoms with Gasteiger partial charge in [0.1, 0.15) is 17.6 Å². The standard InChI is InChI=1S/C12H18O4S/c1-15-8-3-4-9(11(7-8)16-2)12(14)10(13)5-6-17/h3-4,7,10,12-14,17H,5-6H2,1-2H3. The molecule has 0 radical (unpaired) electrons. The lowest BCUT2D eigenvalue weighted by molar-refractivity contribution is 0.0158. The van der Waals surface area contributed by atoms with Crippen molar-refractivity contribution >= 4 is 12.6 Å². The fourth-order valence-corrected chi connectivity index (χ4v) is 1.82. The molecule has 2 atom stereocenters. The molecule has 0 spiro atoms. The topological polar surface area (TPSA) is 58.9 Å². The van der Waals surface area contributed by atoms with E-state index in [1.165, 1.54) is 7.11 Å².